The first-order valence-electron chi connectivity index (χ1n) is 10.4. The molecule has 4 rings (SSSR count). The number of nitrogens with zero attached hydrogens (tertiary/aromatic N) is 2. The molecule has 154 valence electrons. The van der Waals surface area contributed by atoms with Crippen LogP contribution >= 0.6 is 0 Å². The minimum Gasteiger partial charge on any atom is -0.349 e. The molecule has 0 unspecified atom stereocenters. The lowest BCUT2D eigenvalue weighted by molar-refractivity contribution is 0.0915. The van der Waals surface area contributed by atoms with Crippen molar-refractivity contribution in [1.29, 1.82) is 0 Å². The number of carbonyl (C=O) groups excluding carboxylic acids is 1. The van der Waals surface area contributed by atoms with Crippen molar-refractivity contribution in [2.45, 2.75) is 43.5 Å². The fourth-order valence-electron chi connectivity index (χ4n) is 5.28. The van der Waals surface area contributed by atoms with E-state index in [1.807, 2.05) is 7.05 Å². The molecule has 28 heavy (non-hydrogen) atoms. The van der Waals surface area contributed by atoms with Crippen LogP contribution in [-0.2, 0) is 10.0 Å². The molecule has 1 aromatic carbocycles. The van der Waals surface area contributed by atoms with Crippen molar-refractivity contribution in [3.05, 3.63) is 29.8 Å². The van der Waals surface area contributed by atoms with Crippen LogP contribution in [0.25, 0.3) is 0 Å². The summed E-state index contributed by atoms with van der Waals surface area (Å²) in [6.07, 6.45) is 5.15. The smallest absolute Gasteiger partial charge is 0.251 e. The minimum atomic E-state index is -3.57. The third-order valence-electron chi connectivity index (χ3n) is 6.99. The van der Waals surface area contributed by atoms with Gasteiger partial charge in [-0.3, -0.25) is 4.79 Å². The highest BCUT2D eigenvalue weighted by atomic mass is 32.2. The molecular weight excluding hydrogens is 374 g/mol. The Morgan fingerprint density at radius 1 is 1.14 bits per heavy atom. The second-order valence-corrected chi connectivity index (χ2v) is 10.8. The molecule has 7 heteroatoms. The molecular formula is C21H31N3O3S. The van der Waals surface area contributed by atoms with Crippen LogP contribution in [0.2, 0.25) is 0 Å². The lowest BCUT2D eigenvalue weighted by Gasteiger charge is -2.31. The summed E-state index contributed by atoms with van der Waals surface area (Å²) >= 11 is 0. The summed E-state index contributed by atoms with van der Waals surface area (Å²) in [5, 5.41) is 3.13. The minimum absolute atomic E-state index is 0.126. The average molecular weight is 406 g/mol. The molecule has 1 N–H and O–H groups in total. The van der Waals surface area contributed by atoms with E-state index in [-0.39, 0.29) is 16.8 Å². The standard InChI is InChI=1S/C21H31N3O3S/c1-15(20-13-16-6-7-17(20)12-16)22-21(25)18-4-3-5-19(14-18)28(26,27)24-10-8-23(2)9-11-24/h3-5,14-17,20H,6-13H2,1-2H3,(H,22,25)/t15-,16+,17-,20+/m0/s1. The number of hydrogen-bond donors (Lipinski definition) is 1. The van der Waals surface area contributed by atoms with Gasteiger partial charge in [-0.2, -0.15) is 4.31 Å². The predicted molar refractivity (Wildman–Crippen MR) is 109 cm³/mol. The summed E-state index contributed by atoms with van der Waals surface area (Å²) in [5.41, 5.74) is 0.421. The highest BCUT2D eigenvalue weighted by Crippen LogP contribution is 2.49. The van der Waals surface area contributed by atoms with Crippen LogP contribution in [0.3, 0.4) is 0 Å². The molecule has 2 saturated carbocycles. The van der Waals surface area contributed by atoms with Gasteiger partial charge in [0.25, 0.3) is 5.91 Å². The number of benzene rings is 1. The van der Waals surface area contributed by atoms with Gasteiger partial charge in [-0.1, -0.05) is 12.5 Å². The molecule has 2 bridgehead atoms. The molecule has 3 aliphatic rings. The van der Waals surface area contributed by atoms with Gasteiger partial charge in [0.1, 0.15) is 0 Å². The third kappa shape index (κ3) is 3.84. The normalized spacial score (nSPS) is 29.7. The monoisotopic (exact) mass is 405 g/mol. The van der Waals surface area contributed by atoms with E-state index in [4.69, 9.17) is 0 Å². The quantitative estimate of drug-likeness (QED) is 0.815. The van der Waals surface area contributed by atoms with Gasteiger partial charge in [0.05, 0.1) is 4.90 Å². The Morgan fingerprint density at radius 2 is 1.89 bits per heavy atom. The van der Waals surface area contributed by atoms with Crippen molar-refractivity contribution in [2.24, 2.45) is 17.8 Å². The number of rotatable bonds is 5. The van der Waals surface area contributed by atoms with E-state index < -0.39 is 10.0 Å². The van der Waals surface area contributed by atoms with E-state index in [2.05, 4.69) is 17.1 Å². The van der Waals surface area contributed by atoms with Gasteiger partial charge in [0.15, 0.2) is 0 Å². The SMILES string of the molecule is C[C@H](NC(=O)c1cccc(S(=O)(=O)N2CCN(C)CC2)c1)[C@H]1C[C@@H]2CC[C@H]1C2. The van der Waals surface area contributed by atoms with Crippen LogP contribution in [0.1, 0.15) is 43.0 Å². The van der Waals surface area contributed by atoms with E-state index in [1.54, 1.807) is 18.2 Å². The Labute approximate surface area is 168 Å². The second kappa shape index (κ2) is 7.76. The highest BCUT2D eigenvalue weighted by Gasteiger charge is 2.42. The van der Waals surface area contributed by atoms with Crippen molar-refractivity contribution in [3.63, 3.8) is 0 Å². The van der Waals surface area contributed by atoms with Crippen molar-refractivity contribution in [1.82, 2.24) is 14.5 Å². The van der Waals surface area contributed by atoms with Gasteiger partial charge < -0.3 is 10.2 Å². The van der Waals surface area contributed by atoms with E-state index in [0.717, 1.165) is 24.9 Å². The molecule has 6 nitrogen and oxygen atoms in total. The fourth-order valence-corrected chi connectivity index (χ4v) is 6.75. The first-order valence-corrected chi connectivity index (χ1v) is 11.9. The Kier molecular flexibility index (Phi) is 5.51. The molecule has 1 aliphatic heterocycles. The van der Waals surface area contributed by atoms with Crippen LogP contribution < -0.4 is 5.32 Å². The number of piperazine rings is 1. The molecule has 0 spiro atoms. The van der Waals surface area contributed by atoms with Crippen LogP contribution in [0.5, 0.6) is 0 Å². The van der Waals surface area contributed by atoms with Gasteiger partial charge in [-0.05, 0) is 69.2 Å². The third-order valence-corrected chi connectivity index (χ3v) is 8.88. The first-order chi connectivity index (χ1) is 13.3. The number of sulfonamides is 1. The van der Waals surface area contributed by atoms with E-state index in [1.165, 1.54) is 36.1 Å². The van der Waals surface area contributed by atoms with E-state index in [9.17, 15) is 13.2 Å². The molecule has 1 aromatic rings. The van der Waals surface area contributed by atoms with Gasteiger partial charge in [0, 0.05) is 37.8 Å². The van der Waals surface area contributed by atoms with Crippen LogP contribution in [-0.4, -0.2) is 62.8 Å². The number of carbonyl (C=O) groups is 1. The first kappa shape index (κ1) is 19.9. The molecule has 0 radical (unpaired) electrons. The molecule has 4 atom stereocenters. The predicted octanol–water partition coefficient (Wildman–Crippen LogP) is 2.18. The van der Waals surface area contributed by atoms with Crippen LogP contribution in [0.15, 0.2) is 29.2 Å². The Morgan fingerprint density at radius 3 is 2.54 bits per heavy atom. The number of nitrogens with one attached hydrogen (secondary N) is 1. The Hall–Kier alpha value is -1.44. The largest absolute Gasteiger partial charge is 0.349 e. The summed E-state index contributed by atoms with van der Waals surface area (Å²) in [6.45, 7) is 4.50. The number of hydrogen-bond acceptors (Lipinski definition) is 4. The molecule has 2 aliphatic carbocycles. The van der Waals surface area contributed by atoms with Crippen molar-refractivity contribution >= 4 is 15.9 Å². The van der Waals surface area contributed by atoms with Gasteiger partial charge in [-0.25, -0.2) is 8.42 Å². The zero-order valence-corrected chi connectivity index (χ0v) is 17.6. The van der Waals surface area contributed by atoms with E-state index >= 15 is 0 Å². The van der Waals surface area contributed by atoms with Crippen molar-refractivity contribution in [3.8, 4) is 0 Å². The summed E-state index contributed by atoms with van der Waals surface area (Å²) in [4.78, 5) is 15.1. The van der Waals surface area contributed by atoms with Gasteiger partial charge in [-0.15, -0.1) is 0 Å². The zero-order valence-electron chi connectivity index (χ0n) is 16.8. The lowest BCUT2D eigenvalue weighted by Crippen LogP contribution is -2.47. The number of likely N-dealkylation sites (N-methyl/N-ethyl adjacent to an activating group) is 1. The molecule has 1 amide bonds. The van der Waals surface area contributed by atoms with Crippen LogP contribution in [0, 0.1) is 17.8 Å². The lowest BCUT2D eigenvalue weighted by atomic mass is 9.84. The van der Waals surface area contributed by atoms with Gasteiger partial charge >= 0.3 is 0 Å². The molecule has 1 saturated heterocycles. The number of fused-ring (bicyclic) bond motifs is 2. The fraction of sp³-hybridized carbons (Fsp3) is 0.667. The van der Waals surface area contributed by atoms with Crippen molar-refractivity contribution < 1.29 is 13.2 Å². The Balaban J connectivity index is 1.45. The average Bonchev–Trinajstić information content (AvgIpc) is 3.32. The Bertz CT molecular complexity index is 833. The van der Waals surface area contributed by atoms with Crippen molar-refractivity contribution in [2.75, 3.05) is 33.2 Å². The number of amides is 1. The maximum absolute atomic E-state index is 13.0. The van der Waals surface area contributed by atoms with Crippen LogP contribution in [0.4, 0.5) is 0 Å². The maximum atomic E-state index is 13.0. The second-order valence-electron chi connectivity index (χ2n) is 8.84. The summed E-state index contributed by atoms with van der Waals surface area (Å²) in [7, 11) is -1.57. The summed E-state index contributed by atoms with van der Waals surface area (Å²) < 4.78 is 27.4. The molecule has 3 fully saturated rings. The molecule has 0 aromatic heterocycles. The van der Waals surface area contributed by atoms with E-state index in [0.29, 0.717) is 24.6 Å². The summed E-state index contributed by atoms with van der Waals surface area (Å²) in [6, 6.07) is 6.60. The summed E-state index contributed by atoms with van der Waals surface area (Å²) in [5.74, 6) is 1.96. The highest BCUT2D eigenvalue weighted by molar-refractivity contribution is 7.89. The molecule has 1 heterocycles. The zero-order chi connectivity index (χ0) is 19.9. The topological polar surface area (TPSA) is 69.7 Å². The maximum Gasteiger partial charge on any atom is 0.251 e. The van der Waals surface area contributed by atoms with Gasteiger partial charge in [0.2, 0.25) is 10.0 Å².